The summed E-state index contributed by atoms with van der Waals surface area (Å²) in [5, 5.41) is 0. The summed E-state index contributed by atoms with van der Waals surface area (Å²) < 4.78 is 23.7. The van der Waals surface area contributed by atoms with Crippen LogP contribution in [0.15, 0.2) is 42.5 Å². The number of amides is 1. The fourth-order valence-electron chi connectivity index (χ4n) is 2.45. The van der Waals surface area contributed by atoms with Gasteiger partial charge in [-0.1, -0.05) is 18.2 Å². The van der Waals surface area contributed by atoms with Crippen LogP contribution in [0.5, 0.6) is 5.75 Å². The van der Waals surface area contributed by atoms with Crippen LogP contribution in [0, 0.1) is 5.82 Å². The molecule has 21 heavy (non-hydrogen) atoms. The summed E-state index contributed by atoms with van der Waals surface area (Å²) in [6.45, 7) is 0.473. The van der Waals surface area contributed by atoms with Crippen molar-refractivity contribution in [3.8, 4) is 16.9 Å². The van der Waals surface area contributed by atoms with Crippen LogP contribution < -0.4 is 10.5 Å². The number of carbonyl (C=O) groups is 1. The van der Waals surface area contributed by atoms with E-state index in [9.17, 15) is 9.18 Å². The van der Waals surface area contributed by atoms with Gasteiger partial charge in [0.25, 0.3) is 0 Å². The van der Waals surface area contributed by atoms with Gasteiger partial charge in [-0.3, -0.25) is 0 Å². The highest BCUT2D eigenvalue weighted by molar-refractivity contribution is 5.68. The maximum atomic E-state index is 13.0. The zero-order valence-corrected chi connectivity index (χ0v) is 11.2. The van der Waals surface area contributed by atoms with E-state index in [0.717, 1.165) is 16.7 Å². The number of benzene rings is 2. The molecule has 0 spiro atoms. The van der Waals surface area contributed by atoms with Gasteiger partial charge in [0.1, 0.15) is 17.7 Å². The topological polar surface area (TPSA) is 61.6 Å². The molecule has 1 unspecified atom stereocenters. The molecular formula is C16H14FNO3. The van der Waals surface area contributed by atoms with Crippen LogP contribution >= 0.6 is 0 Å². The molecule has 0 radical (unpaired) electrons. The number of primary amides is 1. The lowest BCUT2D eigenvalue weighted by molar-refractivity contribution is 0.0766. The maximum absolute atomic E-state index is 13.0. The Hall–Kier alpha value is -2.56. The minimum Gasteiger partial charge on any atom is -0.493 e. The van der Waals surface area contributed by atoms with Crippen LogP contribution in [0.4, 0.5) is 9.18 Å². The van der Waals surface area contributed by atoms with E-state index >= 15 is 0 Å². The van der Waals surface area contributed by atoms with Crippen LogP contribution in [-0.2, 0) is 4.74 Å². The second-order valence-electron chi connectivity index (χ2n) is 4.82. The van der Waals surface area contributed by atoms with Crippen molar-refractivity contribution in [2.75, 3.05) is 6.61 Å². The lowest BCUT2D eigenvalue weighted by atomic mass is 9.97. The highest BCUT2D eigenvalue weighted by atomic mass is 19.1. The molecule has 5 heteroatoms. The summed E-state index contributed by atoms with van der Waals surface area (Å²) in [4.78, 5) is 11.0. The van der Waals surface area contributed by atoms with Crippen molar-refractivity contribution in [1.29, 1.82) is 0 Å². The Labute approximate surface area is 121 Å². The average molecular weight is 287 g/mol. The number of ether oxygens (including phenoxy) is 2. The minimum atomic E-state index is -0.806. The van der Waals surface area contributed by atoms with Crippen molar-refractivity contribution in [3.63, 3.8) is 0 Å². The first-order valence-corrected chi connectivity index (χ1v) is 6.62. The molecule has 1 heterocycles. The second kappa shape index (κ2) is 5.44. The standard InChI is InChI=1S/C16H14FNO3/c17-12-4-1-10(2-5-12)11-3-6-14-13(9-11)15(7-8-20-14)21-16(18)19/h1-6,9,15H,7-8H2,(H2,18,19). The Bertz CT molecular complexity index is 670. The van der Waals surface area contributed by atoms with E-state index < -0.39 is 12.2 Å². The Kier molecular flexibility index (Phi) is 3.48. The summed E-state index contributed by atoms with van der Waals surface area (Å²) in [7, 11) is 0. The molecule has 0 saturated carbocycles. The van der Waals surface area contributed by atoms with Gasteiger partial charge in [0.15, 0.2) is 0 Å². The number of carbonyl (C=O) groups excluding carboxylic acids is 1. The normalized spacial score (nSPS) is 16.7. The van der Waals surface area contributed by atoms with E-state index in [1.807, 2.05) is 18.2 Å². The number of nitrogens with two attached hydrogens (primary N) is 1. The number of rotatable bonds is 2. The molecule has 0 saturated heterocycles. The van der Waals surface area contributed by atoms with Gasteiger partial charge < -0.3 is 15.2 Å². The molecule has 1 amide bonds. The number of hydrogen-bond donors (Lipinski definition) is 1. The lowest BCUT2D eigenvalue weighted by Gasteiger charge is -2.25. The molecule has 1 aliphatic rings. The number of fused-ring (bicyclic) bond motifs is 1. The molecule has 0 aromatic heterocycles. The highest BCUT2D eigenvalue weighted by Gasteiger charge is 2.24. The Morgan fingerprint density at radius 1 is 1.19 bits per heavy atom. The fraction of sp³-hybridized carbons (Fsp3) is 0.188. The second-order valence-corrected chi connectivity index (χ2v) is 4.82. The van der Waals surface area contributed by atoms with Gasteiger partial charge in [-0.15, -0.1) is 0 Å². The van der Waals surface area contributed by atoms with Gasteiger partial charge in [0.2, 0.25) is 0 Å². The SMILES string of the molecule is NC(=O)OC1CCOc2ccc(-c3ccc(F)cc3)cc21. The van der Waals surface area contributed by atoms with Gasteiger partial charge >= 0.3 is 6.09 Å². The van der Waals surface area contributed by atoms with E-state index in [1.54, 1.807) is 12.1 Å². The molecule has 0 bridgehead atoms. The molecule has 1 aliphatic heterocycles. The van der Waals surface area contributed by atoms with Crippen molar-refractivity contribution in [2.24, 2.45) is 5.73 Å². The Balaban J connectivity index is 1.98. The summed E-state index contributed by atoms with van der Waals surface area (Å²) in [5.41, 5.74) is 7.66. The first-order chi connectivity index (χ1) is 10.1. The Morgan fingerprint density at radius 3 is 2.62 bits per heavy atom. The van der Waals surface area contributed by atoms with E-state index in [0.29, 0.717) is 18.8 Å². The monoisotopic (exact) mass is 287 g/mol. The van der Waals surface area contributed by atoms with E-state index in [1.165, 1.54) is 12.1 Å². The van der Waals surface area contributed by atoms with E-state index in [-0.39, 0.29) is 5.82 Å². The molecule has 4 nitrogen and oxygen atoms in total. The lowest BCUT2D eigenvalue weighted by Crippen LogP contribution is -2.22. The minimum absolute atomic E-state index is 0.282. The first-order valence-electron chi connectivity index (χ1n) is 6.62. The van der Waals surface area contributed by atoms with Gasteiger partial charge in [0.05, 0.1) is 6.61 Å². The zero-order chi connectivity index (χ0) is 14.8. The Morgan fingerprint density at radius 2 is 1.90 bits per heavy atom. The highest BCUT2D eigenvalue weighted by Crippen LogP contribution is 2.37. The molecule has 0 fully saturated rings. The third-order valence-electron chi connectivity index (χ3n) is 3.43. The summed E-state index contributed by atoms with van der Waals surface area (Å²) >= 11 is 0. The van der Waals surface area contributed by atoms with Crippen LogP contribution in [0.25, 0.3) is 11.1 Å². The molecule has 2 aromatic carbocycles. The average Bonchev–Trinajstić information content (AvgIpc) is 2.47. The first kappa shape index (κ1) is 13.4. The van der Waals surface area contributed by atoms with Crippen LogP contribution in [-0.4, -0.2) is 12.7 Å². The largest absolute Gasteiger partial charge is 0.493 e. The maximum Gasteiger partial charge on any atom is 0.405 e. The molecule has 0 aliphatic carbocycles. The zero-order valence-electron chi connectivity index (χ0n) is 11.2. The van der Waals surface area contributed by atoms with Crippen LogP contribution in [0.1, 0.15) is 18.1 Å². The number of hydrogen-bond acceptors (Lipinski definition) is 3. The smallest absolute Gasteiger partial charge is 0.405 e. The summed E-state index contributed by atoms with van der Waals surface area (Å²) in [6.07, 6.45) is -0.658. The van der Waals surface area contributed by atoms with Crippen LogP contribution in [0.2, 0.25) is 0 Å². The molecule has 108 valence electrons. The quantitative estimate of drug-likeness (QED) is 0.920. The van der Waals surface area contributed by atoms with Crippen molar-refractivity contribution in [3.05, 3.63) is 53.8 Å². The predicted octanol–water partition coefficient (Wildman–Crippen LogP) is 3.41. The molecule has 1 atom stereocenters. The van der Waals surface area contributed by atoms with Crippen molar-refractivity contribution in [1.82, 2.24) is 0 Å². The molecule has 3 rings (SSSR count). The van der Waals surface area contributed by atoms with Gasteiger partial charge in [-0.25, -0.2) is 9.18 Å². The van der Waals surface area contributed by atoms with Crippen molar-refractivity contribution >= 4 is 6.09 Å². The van der Waals surface area contributed by atoms with Gasteiger partial charge in [-0.2, -0.15) is 0 Å². The molecule has 2 N–H and O–H groups in total. The third-order valence-corrected chi connectivity index (χ3v) is 3.43. The summed E-state index contributed by atoms with van der Waals surface area (Å²) in [5.74, 6) is 0.397. The molecule has 2 aromatic rings. The van der Waals surface area contributed by atoms with E-state index in [4.69, 9.17) is 15.2 Å². The van der Waals surface area contributed by atoms with Crippen molar-refractivity contribution < 1.29 is 18.7 Å². The summed E-state index contributed by atoms with van der Waals surface area (Å²) in [6, 6.07) is 11.8. The number of halogens is 1. The van der Waals surface area contributed by atoms with Crippen LogP contribution in [0.3, 0.4) is 0 Å². The van der Waals surface area contributed by atoms with E-state index in [2.05, 4.69) is 0 Å². The van der Waals surface area contributed by atoms with Gasteiger partial charge in [-0.05, 0) is 35.4 Å². The predicted molar refractivity (Wildman–Crippen MR) is 75.4 cm³/mol. The van der Waals surface area contributed by atoms with Crippen molar-refractivity contribution in [2.45, 2.75) is 12.5 Å². The molecular weight excluding hydrogens is 273 g/mol. The fourth-order valence-corrected chi connectivity index (χ4v) is 2.45. The third kappa shape index (κ3) is 2.81. The van der Waals surface area contributed by atoms with Gasteiger partial charge in [0, 0.05) is 12.0 Å².